The summed E-state index contributed by atoms with van der Waals surface area (Å²) in [5.74, 6) is -0.121. The molecule has 1 aliphatic heterocycles. The second-order valence-electron chi connectivity index (χ2n) is 7.18. The van der Waals surface area contributed by atoms with Crippen LogP contribution in [0.5, 0.6) is 0 Å². The van der Waals surface area contributed by atoms with Crippen molar-refractivity contribution in [3.8, 4) is 0 Å². The molecule has 1 aliphatic rings. The van der Waals surface area contributed by atoms with Gasteiger partial charge in [-0.05, 0) is 44.4 Å². The fourth-order valence-corrected chi connectivity index (χ4v) is 5.67. The average Bonchev–Trinajstić information content (AvgIpc) is 3.02. The molecule has 0 aliphatic carbocycles. The lowest BCUT2D eigenvalue weighted by Gasteiger charge is -2.33. The highest BCUT2D eigenvalue weighted by Crippen LogP contribution is 2.28. The van der Waals surface area contributed by atoms with Crippen molar-refractivity contribution in [1.29, 1.82) is 0 Å². The molecule has 0 bridgehead atoms. The first-order chi connectivity index (χ1) is 13.2. The van der Waals surface area contributed by atoms with E-state index in [0.29, 0.717) is 31.6 Å². The Kier molecular flexibility index (Phi) is 6.26. The minimum atomic E-state index is -3.73. The monoisotopic (exact) mass is 469 g/mol. The smallest absolute Gasteiger partial charge is 0.248 e. The standard InChI is InChI=1S/C19H24BrN3O4S/c1-13-18(14(2)27-21-13)28(25,26)23-10-4-5-16(12-23)19(24)22(3)11-15-6-8-17(20)9-7-15/h6-9,16H,4-5,10-12H2,1-3H3. The first kappa shape index (κ1) is 21.0. The molecule has 1 unspecified atom stereocenters. The van der Waals surface area contributed by atoms with E-state index in [2.05, 4.69) is 21.1 Å². The van der Waals surface area contributed by atoms with Crippen LogP contribution < -0.4 is 0 Å². The van der Waals surface area contributed by atoms with E-state index in [-0.39, 0.29) is 29.0 Å². The molecule has 2 heterocycles. The first-order valence-electron chi connectivity index (χ1n) is 9.12. The van der Waals surface area contributed by atoms with Gasteiger partial charge in [-0.25, -0.2) is 8.42 Å². The Hall–Kier alpha value is -1.71. The Labute approximate surface area is 173 Å². The molecule has 7 nitrogen and oxygen atoms in total. The third-order valence-corrected chi connectivity index (χ3v) is 7.65. The zero-order valence-corrected chi connectivity index (χ0v) is 18.6. The van der Waals surface area contributed by atoms with E-state index >= 15 is 0 Å². The van der Waals surface area contributed by atoms with Gasteiger partial charge in [0.25, 0.3) is 0 Å². The van der Waals surface area contributed by atoms with Crippen LogP contribution in [0.25, 0.3) is 0 Å². The molecule has 0 saturated carbocycles. The van der Waals surface area contributed by atoms with Crippen molar-refractivity contribution in [2.45, 2.75) is 38.1 Å². The van der Waals surface area contributed by atoms with Crippen LogP contribution in [0.15, 0.2) is 38.2 Å². The van der Waals surface area contributed by atoms with Crippen LogP contribution in [-0.2, 0) is 21.4 Å². The van der Waals surface area contributed by atoms with E-state index in [1.807, 2.05) is 24.3 Å². The minimum absolute atomic E-state index is 0.0402. The zero-order valence-electron chi connectivity index (χ0n) is 16.2. The second-order valence-corrected chi connectivity index (χ2v) is 9.97. The van der Waals surface area contributed by atoms with Crippen LogP contribution in [0.3, 0.4) is 0 Å². The van der Waals surface area contributed by atoms with Crippen LogP contribution in [-0.4, -0.2) is 48.8 Å². The van der Waals surface area contributed by atoms with Crippen molar-refractivity contribution in [3.63, 3.8) is 0 Å². The number of amides is 1. The Morgan fingerprint density at radius 3 is 2.61 bits per heavy atom. The summed E-state index contributed by atoms with van der Waals surface area (Å²) in [7, 11) is -1.98. The Morgan fingerprint density at radius 1 is 1.32 bits per heavy atom. The van der Waals surface area contributed by atoms with Gasteiger partial charge in [0.05, 0.1) is 5.92 Å². The highest BCUT2D eigenvalue weighted by molar-refractivity contribution is 9.10. The summed E-state index contributed by atoms with van der Waals surface area (Å²) < 4.78 is 33.5. The lowest BCUT2D eigenvalue weighted by molar-refractivity contribution is -0.135. The fourth-order valence-electron chi connectivity index (χ4n) is 3.59. The van der Waals surface area contributed by atoms with E-state index in [1.165, 1.54) is 4.31 Å². The summed E-state index contributed by atoms with van der Waals surface area (Å²) in [6, 6.07) is 7.80. The molecule has 3 rings (SSSR count). The van der Waals surface area contributed by atoms with Gasteiger partial charge in [0.2, 0.25) is 15.9 Å². The molecule has 1 saturated heterocycles. The lowest BCUT2D eigenvalue weighted by Crippen LogP contribution is -2.45. The second kappa shape index (κ2) is 8.34. The first-order valence-corrected chi connectivity index (χ1v) is 11.4. The van der Waals surface area contributed by atoms with Crippen LogP contribution >= 0.6 is 15.9 Å². The molecule has 1 aromatic heterocycles. The summed E-state index contributed by atoms with van der Waals surface area (Å²) >= 11 is 3.40. The molecular formula is C19H24BrN3O4S. The van der Waals surface area contributed by atoms with Gasteiger partial charge in [0, 0.05) is 31.2 Å². The van der Waals surface area contributed by atoms with Crippen molar-refractivity contribution < 1.29 is 17.7 Å². The predicted octanol–water partition coefficient (Wildman–Crippen LogP) is 3.11. The minimum Gasteiger partial charge on any atom is -0.360 e. The van der Waals surface area contributed by atoms with Gasteiger partial charge in [0.1, 0.15) is 10.6 Å². The number of piperidine rings is 1. The lowest BCUT2D eigenvalue weighted by atomic mass is 9.98. The molecule has 1 aromatic carbocycles. The Bertz CT molecular complexity index is 937. The molecule has 1 amide bonds. The zero-order chi connectivity index (χ0) is 20.5. The van der Waals surface area contributed by atoms with Gasteiger partial charge in [-0.3, -0.25) is 4.79 Å². The highest BCUT2D eigenvalue weighted by Gasteiger charge is 2.37. The number of hydrogen-bond donors (Lipinski definition) is 0. The van der Waals surface area contributed by atoms with Crippen LogP contribution in [0.2, 0.25) is 0 Å². The number of rotatable bonds is 5. The molecule has 0 spiro atoms. The van der Waals surface area contributed by atoms with Gasteiger partial charge in [-0.1, -0.05) is 33.2 Å². The third kappa shape index (κ3) is 4.31. The van der Waals surface area contributed by atoms with E-state index in [9.17, 15) is 13.2 Å². The Balaban J connectivity index is 1.72. The number of carbonyl (C=O) groups is 1. The number of sulfonamides is 1. The van der Waals surface area contributed by atoms with Crippen LogP contribution in [0.1, 0.15) is 29.9 Å². The predicted molar refractivity (Wildman–Crippen MR) is 108 cm³/mol. The van der Waals surface area contributed by atoms with Gasteiger partial charge < -0.3 is 9.42 Å². The molecule has 0 N–H and O–H groups in total. The van der Waals surface area contributed by atoms with Crippen molar-refractivity contribution in [2.24, 2.45) is 5.92 Å². The molecule has 9 heteroatoms. The van der Waals surface area contributed by atoms with E-state index in [0.717, 1.165) is 10.0 Å². The van der Waals surface area contributed by atoms with Crippen molar-refractivity contribution >= 4 is 31.9 Å². The SMILES string of the molecule is Cc1noc(C)c1S(=O)(=O)N1CCCC(C(=O)N(C)Cc2ccc(Br)cc2)C1. The fraction of sp³-hybridized carbons (Fsp3) is 0.474. The number of benzene rings is 1. The average molecular weight is 470 g/mol. The quantitative estimate of drug-likeness (QED) is 0.671. The Morgan fingerprint density at radius 2 is 2.00 bits per heavy atom. The summed E-state index contributed by atoms with van der Waals surface area (Å²) in [4.78, 5) is 14.7. The maximum atomic E-state index is 13.0. The summed E-state index contributed by atoms with van der Waals surface area (Å²) in [5, 5.41) is 3.75. The number of carbonyl (C=O) groups excluding carboxylic acids is 1. The van der Waals surface area contributed by atoms with E-state index in [1.54, 1.807) is 25.8 Å². The van der Waals surface area contributed by atoms with Crippen LogP contribution in [0, 0.1) is 19.8 Å². The molecular weight excluding hydrogens is 446 g/mol. The normalized spacial score (nSPS) is 18.2. The third-order valence-electron chi connectivity index (χ3n) is 5.01. The van der Waals surface area contributed by atoms with Crippen molar-refractivity contribution in [2.75, 3.05) is 20.1 Å². The molecule has 1 atom stereocenters. The molecule has 28 heavy (non-hydrogen) atoms. The maximum absolute atomic E-state index is 13.0. The van der Waals surface area contributed by atoms with Crippen molar-refractivity contribution in [3.05, 3.63) is 45.8 Å². The van der Waals surface area contributed by atoms with E-state index < -0.39 is 10.0 Å². The number of aryl methyl sites for hydroxylation is 2. The van der Waals surface area contributed by atoms with Gasteiger partial charge in [0.15, 0.2) is 5.76 Å². The summed E-state index contributed by atoms with van der Waals surface area (Å²) in [6.07, 6.45) is 1.32. The van der Waals surface area contributed by atoms with E-state index in [4.69, 9.17) is 4.52 Å². The van der Waals surface area contributed by atoms with Gasteiger partial charge in [-0.15, -0.1) is 0 Å². The van der Waals surface area contributed by atoms with Gasteiger partial charge in [-0.2, -0.15) is 4.31 Å². The number of nitrogens with zero attached hydrogens (tertiary/aromatic N) is 3. The summed E-state index contributed by atoms with van der Waals surface area (Å²) in [6.45, 7) is 4.26. The van der Waals surface area contributed by atoms with Gasteiger partial charge >= 0.3 is 0 Å². The molecule has 0 radical (unpaired) electrons. The van der Waals surface area contributed by atoms with Crippen LogP contribution in [0.4, 0.5) is 0 Å². The topological polar surface area (TPSA) is 83.7 Å². The number of halogens is 1. The number of aromatic nitrogens is 1. The maximum Gasteiger partial charge on any atom is 0.248 e. The molecule has 1 fully saturated rings. The largest absolute Gasteiger partial charge is 0.360 e. The highest BCUT2D eigenvalue weighted by atomic mass is 79.9. The molecule has 152 valence electrons. The molecule has 2 aromatic rings. The number of hydrogen-bond acceptors (Lipinski definition) is 5. The van der Waals surface area contributed by atoms with Crippen molar-refractivity contribution in [1.82, 2.24) is 14.4 Å². The summed E-state index contributed by atoms with van der Waals surface area (Å²) in [5.41, 5.74) is 1.37.